The maximum Gasteiger partial charge on any atom is 0.0803 e. The van der Waals surface area contributed by atoms with Gasteiger partial charge in [0.15, 0.2) is 0 Å². The highest BCUT2D eigenvalue weighted by Crippen LogP contribution is 2.26. The molecule has 0 radical (unpaired) electrons. The Morgan fingerprint density at radius 3 is 2.12 bits per heavy atom. The van der Waals surface area contributed by atoms with Crippen molar-refractivity contribution in [2.24, 2.45) is 0 Å². The number of hydrogen-bond donors (Lipinski definition) is 1. The minimum absolute atomic E-state index is 0.0596. The predicted molar refractivity (Wildman–Crippen MR) is 73.5 cm³/mol. The van der Waals surface area contributed by atoms with E-state index in [2.05, 4.69) is 39.9 Å². The first-order valence-corrected chi connectivity index (χ1v) is 6.71. The molecule has 2 atom stereocenters. The minimum atomic E-state index is -0.0900. The second-order valence-electron chi connectivity index (χ2n) is 5.44. The molecular weight excluding hydrogens is 214 g/mol. The van der Waals surface area contributed by atoms with Gasteiger partial charge < -0.3 is 14.8 Å². The lowest BCUT2D eigenvalue weighted by Crippen LogP contribution is -2.49. The van der Waals surface area contributed by atoms with E-state index in [0.29, 0.717) is 6.04 Å². The summed E-state index contributed by atoms with van der Waals surface area (Å²) in [5.74, 6) is 0. The summed E-state index contributed by atoms with van der Waals surface area (Å²) in [4.78, 5) is 0. The largest absolute Gasteiger partial charge is 0.379 e. The Hall–Kier alpha value is -0.120. The molecule has 0 bridgehead atoms. The van der Waals surface area contributed by atoms with E-state index in [4.69, 9.17) is 9.47 Å². The summed E-state index contributed by atoms with van der Waals surface area (Å²) in [6, 6.07) is 0.363. The van der Waals surface area contributed by atoms with E-state index in [-0.39, 0.29) is 11.2 Å². The van der Waals surface area contributed by atoms with Gasteiger partial charge in [0.05, 0.1) is 11.2 Å². The molecule has 0 heterocycles. The summed E-state index contributed by atoms with van der Waals surface area (Å²) in [5, 5.41) is 3.39. The molecule has 0 saturated carbocycles. The zero-order chi connectivity index (χ0) is 13.5. The van der Waals surface area contributed by atoms with Crippen molar-refractivity contribution in [3.8, 4) is 0 Å². The van der Waals surface area contributed by atoms with Crippen molar-refractivity contribution in [3.05, 3.63) is 0 Å². The van der Waals surface area contributed by atoms with Crippen molar-refractivity contribution in [2.75, 3.05) is 20.8 Å². The molecule has 3 nitrogen and oxygen atoms in total. The lowest BCUT2D eigenvalue weighted by Gasteiger charge is -2.38. The molecule has 0 aliphatic rings. The number of nitrogens with one attached hydrogen (secondary N) is 1. The zero-order valence-corrected chi connectivity index (χ0v) is 12.7. The van der Waals surface area contributed by atoms with Crippen LogP contribution in [0.5, 0.6) is 0 Å². The SMILES string of the molecule is CCOC(C)(CC)C(CCC(C)(C)OC)NC. The van der Waals surface area contributed by atoms with Crippen molar-refractivity contribution in [1.29, 1.82) is 0 Å². The highest BCUT2D eigenvalue weighted by Gasteiger charge is 2.33. The molecule has 0 aromatic carbocycles. The van der Waals surface area contributed by atoms with Crippen molar-refractivity contribution in [1.82, 2.24) is 5.32 Å². The molecule has 0 amide bonds. The number of methoxy groups -OCH3 is 1. The molecular formula is C14H31NO2. The molecule has 0 aromatic rings. The van der Waals surface area contributed by atoms with Crippen LogP contribution in [0.3, 0.4) is 0 Å². The van der Waals surface area contributed by atoms with E-state index < -0.39 is 0 Å². The molecule has 0 aromatic heterocycles. The lowest BCUT2D eigenvalue weighted by molar-refractivity contribution is -0.0626. The van der Waals surface area contributed by atoms with Crippen LogP contribution in [0.25, 0.3) is 0 Å². The summed E-state index contributed by atoms with van der Waals surface area (Å²) in [5.41, 5.74) is -0.150. The van der Waals surface area contributed by atoms with Gasteiger partial charge in [-0.1, -0.05) is 6.92 Å². The van der Waals surface area contributed by atoms with Crippen LogP contribution in [0.2, 0.25) is 0 Å². The minimum Gasteiger partial charge on any atom is -0.379 e. The maximum absolute atomic E-state index is 5.93. The molecule has 3 heteroatoms. The average molecular weight is 245 g/mol. The van der Waals surface area contributed by atoms with Crippen LogP contribution >= 0.6 is 0 Å². The van der Waals surface area contributed by atoms with Crippen molar-refractivity contribution >= 4 is 0 Å². The van der Waals surface area contributed by atoms with Gasteiger partial charge >= 0.3 is 0 Å². The Balaban J connectivity index is 4.49. The van der Waals surface area contributed by atoms with Gasteiger partial charge in [-0.2, -0.15) is 0 Å². The van der Waals surface area contributed by atoms with Crippen LogP contribution in [0.15, 0.2) is 0 Å². The number of ether oxygens (including phenoxy) is 2. The van der Waals surface area contributed by atoms with Gasteiger partial charge in [0.1, 0.15) is 0 Å². The molecule has 0 spiro atoms. The summed E-state index contributed by atoms with van der Waals surface area (Å²) < 4.78 is 11.4. The third-order valence-corrected chi connectivity index (χ3v) is 3.85. The van der Waals surface area contributed by atoms with Crippen molar-refractivity contribution in [3.63, 3.8) is 0 Å². The Morgan fingerprint density at radius 1 is 1.18 bits per heavy atom. The monoisotopic (exact) mass is 245 g/mol. The zero-order valence-electron chi connectivity index (χ0n) is 12.7. The second-order valence-corrected chi connectivity index (χ2v) is 5.44. The Labute approximate surface area is 107 Å². The molecule has 0 saturated heterocycles. The van der Waals surface area contributed by atoms with E-state index in [1.165, 1.54) is 0 Å². The van der Waals surface area contributed by atoms with Crippen molar-refractivity contribution in [2.45, 2.75) is 71.1 Å². The van der Waals surface area contributed by atoms with E-state index >= 15 is 0 Å². The first-order chi connectivity index (χ1) is 7.85. The van der Waals surface area contributed by atoms with Crippen LogP contribution in [0.1, 0.15) is 53.9 Å². The van der Waals surface area contributed by atoms with Crippen LogP contribution in [0.4, 0.5) is 0 Å². The van der Waals surface area contributed by atoms with Gasteiger partial charge in [-0.3, -0.25) is 0 Å². The Bertz CT molecular complexity index is 206. The van der Waals surface area contributed by atoms with Crippen LogP contribution in [-0.4, -0.2) is 38.0 Å². The highest BCUT2D eigenvalue weighted by molar-refractivity contribution is 4.89. The lowest BCUT2D eigenvalue weighted by atomic mass is 9.87. The fourth-order valence-electron chi connectivity index (χ4n) is 2.13. The second kappa shape index (κ2) is 7.34. The number of likely N-dealkylation sites (N-methyl/N-ethyl adjacent to an activating group) is 1. The molecule has 2 unspecified atom stereocenters. The first kappa shape index (κ1) is 16.9. The Kier molecular flexibility index (Phi) is 7.29. The van der Waals surface area contributed by atoms with Gasteiger partial charge in [0, 0.05) is 19.8 Å². The van der Waals surface area contributed by atoms with Gasteiger partial charge in [-0.25, -0.2) is 0 Å². The average Bonchev–Trinajstić information content (AvgIpc) is 2.30. The van der Waals surface area contributed by atoms with E-state index in [9.17, 15) is 0 Å². The fraction of sp³-hybridized carbons (Fsp3) is 1.00. The van der Waals surface area contributed by atoms with Crippen LogP contribution in [0, 0.1) is 0 Å². The van der Waals surface area contributed by atoms with Gasteiger partial charge in [0.2, 0.25) is 0 Å². The predicted octanol–water partition coefficient (Wildman–Crippen LogP) is 2.98. The Morgan fingerprint density at radius 2 is 1.76 bits per heavy atom. The van der Waals surface area contributed by atoms with Crippen molar-refractivity contribution < 1.29 is 9.47 Å². The summed E-state index contributed by atoms with van der Waals surface area (Å²) in [6.07, 6.45) is 3.10. The third-order valence-electron chi connectivity index (χ3n) is 3.85. The molecule has 104 valence electrons. The number of rotatable bonds is 9. The van der Waals surface area contributed by atoms with E-state index in [1.54, 1.807) is 7.11 Å². The highest BCUT2D eigenvalue weighted by atomic mass is 16.5. The topological polar surface area (TPSA) is 30.5 Å². The van der Waals surface area contributed by atoms with E-state index in [1.807, 2.05) is 7.05 Å². The number of hydrogen-bond acceptors (Lipinski definition) is 3. The van der Waals surface area contributed by atoms with Gasteiger partial charge in [-0.15, -0.1) is 0 Å². The smallest absolute Gasteiger partial charge is 0.0803 e. The van der Waals surface area contributed by atoms with Crippen LogP contribution in [-0.2, 0) is 9.47 Å². The third kappa shape index (κ3) is 5.36. The van der Waals surface area contributed by atoms with Crippen LogP contribution < -0.4 is 5.32 Å². The molecule has 0 fully saturated rings. The normalized spacial score (nSPS) is 17.8. The molecule has 0 aliphatic heterocycles. The van der Waals surface area contributed by atoms with Gasteiger partial charge in [-0.05, 0) is 54.0 Å². The quantitative estimate of drug-likeness (QED) is 0.677. The van der Waals surface area contributed by atoms with Gasteiger partial charge in [0.25, 0.3) is 0 Å². The maximum atomic E-state index is 5.93. The molecule has 0 rings (SSSR count). The molecule has 17 heavy (non-hydrogen) atoms. The fourth-order valence-corrected chi connectivity index (χ4v) is 2.13. The standard InChI is InChI=1S/C14H31NO2/c1-8-14(5,17-9-2)12(15-6)10-11-13(3,4)16-7/h12,15H,8-11H2,1-7H3. The summed E-state index contributed by atoms with van der Waals surface area (Å²) in [7, 11) is 3.79. The van der Waals surface area contributed by atoms with E-state index in [0.717, 1.165) is 25.9 Å². The molecule has 1 N–H and O–H groups in total. The summed E-state index contributed by atoms with van der Waals surface area (Å²) >= 11 is 0. The first-order valence-electron chi connectivity index (χ1n) is 6.71. The molecule has 0 aliphatic carbocycles. The summed E-state index contributed by atoms with van der Waals surface area (Å²) in [6.45, 7) is 11.4.